The third-order valence-electron chi connectivity index (χ3n) is 4.15. The van der Waals surface area contributed by atoms with Gasteiger partial charge >= 0.3 is 0 Å². The first-order chi connectivity index (χ1) is 10.2. The molecule has 1 atom stereocenters. The van der Waals surface area contributed by atoms with E-state index in [-0.39, 0.29) is 11.9 Å². The molecule has 2 nitrogen and oxygen atoms in total. The van der Waals surface area contributed by atoms with Crippen LogP contribution in [0.2, 0.25) is 0 Å². The van der Waals surface area contributed by atoms with Gasteiger partial charge in [-0.05, 0) is 61.6 Å². The number of methoxy groups -OCH3 is 1. The quantitative estimate of drug-likeness (QED) is 0.893. The Bertz CT molecular complexity index is 654. The van der Waals surface area contributed by atoms with Crippen LogP contribution >= 0.6 is 0 Å². The fraction of sp³-hybridized carbons (Fsp3) is 0.333. The number of nitrogens with one attached hydrogen (secondary N) is 1. The Kier molecular flexibility index (Phi) is 3.82. The molecule has 0 spiro atoms. The largest absolute Gasteiger partial charge is 0.496 e. The SMILES string of the molecule is COc1cccc(F)c1C(C)Nc1ccc2c(c1)CCC2. The molecule has 1 aliphatic rings. The van der Waals surface area contributed by atoms with E-state index in [4.69, 9.17) is 4.74 Å². The van der Waals surface area contributed by atoms with Crippen molar-refractivity contribution in [3.8, 4) is 5.75 Å². The van der Waals surface area contributed by atoms with Gasteiger partial charge in [0.15, 0.2) is 0 Å². The number of benzene rings is 2. The maximum atomic E-state index is 14.1. The fourth-order valence-electron chi connectivity index (χ4n) is 3.10. The summed E-state index contributed by atoms with van der Waals surface area (Å²) >= 11 is 0. The molecule has 1 unspecified atom stereocenters. The molecule has 0 aromatic heterocycles. The highest BCUT2D eigenvalue weighted by atomic mass is 19.1. The van der Waals surface area contributed by atoms with Gasteiger partial charge in [0, 0.05) is 5.69 Å². The van der Waals surface area contributed by atoms with Crippen molar-refractivity contribution in [2.24, 2.45) is 0 Å². The number of rotatable bonds is 4. The van der Waals surface area contributed by atoms with Crippen molar-refractivity contribution in [3.63, 3.8) is 0 Å². The normalized spacial score (nSPS) is 14.6. The Labute approximate surface area is 125 Å². The summed E-state index contributed by atoms with van der Waals surface area (Å²) in [5.41, 5.74) is 4.46. The summed E-state index contributed by atoms with van der Waals surface area (Å²) < 4.78 is 19.4. The van der Waals surface area contributed by atoms with Crippen LogP contribution < -0.4 is 10.1 Å². The highest BCUT2D eigenvalue weighted by Crippen LogP contribution is 2.31. The second kappa shape index (κ2) is 5.76. The van der Waals surface area contributed by atoms with Crippen LogP contribution in [0.1, 0.15) is 36.1 Å². The standard InChI is InChI=1S/C18H20FNO/c1-12(18-16(19)7-4-8-17(18)21-2)20-15-10-9-13-5-3-6-14(13)11-15/h4,7-12,20H,3,5-6H2,1-2H3. The van der Waals surface area contributed by atoms with E-state index in [9.17, 15) is 4.39 Å². The molecule has 1 aliphatic carbocycles. The summed E-state index contributed by atoms with van der Waals surface area (Å²) in [6, 6.07) is 11.2. The van der Waals surface area contributed by atoms with Crippen molar-refractivity contribution in [2.75, 3.05) is 12.4 Å². The molecule has 0 radical (unpaired) electrons. The molecule has 21 heavy (non-hydrogen) atoms. The van der Waals surface area contributed by atoms with Gasteiger partial charge in [0.05, 0.1) is 18.7 Å². The summed E-state index contributed by atoms with van der Waals surface area (Å²) in [5, 5.41) is 3.38. The smallest absolute Gasteiger partial charge is 0.132 e. The molecule has 2 aromatic rings. The van der Waals surface area contributed by atoms with Crippen molar-refractivity contribution in [1.29, 1.82) is 0 Å². The van der Waals surface area contributed by atoms with Crippen molar-refractivity contribution in [2.45, 2.75) is 32.2 Å². The zero-order valence-corrected chi connectivity index (χ0v) is 12.4. The minimum Gasteiger partial charge on any atom is -0.496 e. The number of halogens is 1. The van der Waals surface area contributed by atoms with Crippen LogP contribution in [0.25, 0.3) is 0 Å². The number of hydrogen-bond donors (Lipinski definition) is 1. The highest BCUT2D eigenvalue weighted by molar-refractivity contribution is 5.52. The van der Waals surface area contributed by atoms with Gasteiger partial charge in [-0.2, -0.15) is 0 Å². The fourth-order valence-corrected chi connectivity index (χ4v) is 3.10. The Morgan fingerprint density at radius 3 is 2.76 bits per heavy atom. The van der Waals surface area contributed by atoms with Crippen molar-refractivity contribution in [3.05, 3.63) is 58.9 Å². The van der Waals surface area contributed by atoms with Gasteiger partial charge in [0.25, 0.3) is 0 Å². The van der Waals surface area contributed by atoms with E-state index in [1.807, 2.05) is 6.92 Å². The Hall–Kier alpha value is -2.03. The Balaban J connectivity index is 1.85. The van der Waals surface area contributed by atoms with E-state index >= 15 is 0 Å². The lowest BCUT2D eigenvalue weighted by Crippen LogP contribution is -2.10. The Morgan fingerprint density at radius 1 is 1.14 bits per heavy atom. The van der Waals surface area contributed by atoms with Crippen LogP contribution in [-0.2, 0) is 12.8 Å². The van der Waals surface area contributed by atoms with Gasteiger partial charge in [-0.1, -0.05) is 12.1 Å². The first kappa shape index (κ1) is 13.9. The summed E-state index contributed by atoms with van der Waals surface area (Å²) in [7, 11) is 1.57. The molecule has 0 saturated heterocycles. The lowest BCUT2D eigenvalue weighted by atomic mass is 10.0. The van der Waals surface area contributed by atoms with E-state index in [0.29, 0.717) is 11.3 Å². The van der Waals surface area contributed by atoms with E-state index in [0.717, 1.165) is 12.1 Å². The first-order valence-corrected chi connectivity index (χ1v) is 7.40. The van der Waals surface area contributed by atoms with Gasteiger partial charge in [-0.15, -0.1) is 0 Å². The molecule has 0 saturated carbocycles. The maximum Gasteiger partial charge on any atom is 0.132 e. The van der Waals surface area contributed by atoms with Crippen LogP contribution in [0.5, 0.6) is 5.75 Å². The molecule has 0 bridgehead atoms. The summed E-state index contributed by atoms with van der Waals surface area (Å²) in [5.74, 6) is 0.340. The van der Waals surface area contributed by atoms with Crippen molar-refractivity contribution in [1.82, 2.24) is 0 Å². The number of anilines is 1. The van der Waals surface area contributed by atoms with Crippen molar-refractivity contribution >= 4 is 5.69 Å². The van der Waals surface area contributed by atoms with E-state index in [2.05, 4.69) is 23.5 Å². The third kappa shape index (κ3) is 2.73. The molecule has 0 aliphatic heterocycles. The van der Waals surface area contributed by atoms with E-state index < -0.39 is 0 Å². The third-order valence-corrected chi connectivity index (χ3v) is 4.15. The average Bonchev–Trinajstić information content (AvgIpc) is 2.94. The molecule has 0 amide bonds. The molecule has 0 heterocycles. The lowest BCUT2D eigenvalue weighted by molar-refractivity contribution is 0.402. The van der Waals surface area contributed by atoms with Crippen LogP contribution in [0.4, 0.5) is 10.1 Å². The average molecular weight is 285 g/mol. The summed E-state index contributed by atoms with van der Waals surface area (Å²) in [4.78, 5) is 0. The van der Waals surface area contributed by atoms with E-state index in [1.54, 1.807) is 19.2 Å². The van der Waals surface area contributed by atoms with E-state index in [1.165, 1.54) is 30.0 Å². The van der Waals surface area contributed by atoms with Gasteiger partial charge in [-0.3, -0.25) is 0 Å². The maximum absolute atomic E-state index is 14.1. The second-order valence-corrected chi connectivity index (χ2v) is 5.56. The molecule has 3 heteroatoms. The minimum absolute atomic E-state index is 0.152. The first-order valence-electron chi connectivity index (χ1n) is 7.40. The van der Waals surface area contributed by atoms with Gasteiger partial charge < -0.3 is 10.1 Å². The zero-order chi connectivity index (χ0) is 14.8. The number of hydrogen-bond acceptors (Lipinski definition) is 2. The van der Waals surface area contributed by atoms with Gasteiger partial charge in [0.1, 0.15) is 11.6 Å². The van der Waals surface area contributed by atoms with Crippen LogP contribution in [0.15, 0.2) is 36.4 Å². The lowest BCUT2D eigenvalue weighted by Gasteiger charge is -2.19. The molecule has 0 fully saturated rings. The van der Waals surface area contributed by atoms with Crippen LogP contribution in [-0.4, -0.2) is 7.11 Å². The predicted octanol–water partition coefficient (Wildman–Crippen LogP) is 4.50. The molecular formula is C18H20FNO. The monoisotopic (exact) mass is 285 g/mol. The highest BCUT2D eigenvalue weighted by Gasteiger charge is 2.17. The number of aryl methyl sites for hydroxylation is 2. The molecule has 1 N–H and O–H groups in total. The number of ether oxygens (including phenoxy) is 1. The van der Waals surface area contributed by atoms with Crippen LogP contribution in [0, 0.1) is 5.82 Å². The zero-order valence-electron chi connectivity index (χ0n) is 12.4. The van der Waals surface area contributed by atoms with Gasteiger partial charge in [-0.25, -0.2) is 4.39 Å². The van der Waals surface area contributed by atoms with Gasteiger partial charge in [0.2, 0.25) is 0 Å². The molecule has 2 aromatic carbocycles. The minimum atomic E-state index is -0.240. The van der Waals surface area contributed by atoms with Crippen LogP contribution in [0.3, 0.4) is 0 Å². The molecule has 110 valence electrons. The predicted molar refractivity (Wildman–Crippen MR) is 83.5 cm³/mol. The second-order valence-electron chi connectivity index (χ2n) is 5.56. The summed E-state index contributed by atoms with van der Waals surface area (Å²) in [6.07, 6.45) is 3.55. The molecular weight excluding hydrogens is 265 g/mol. The Morgan fingerprint density at radius 2 is 1.95 bits per heavy atom. The number of fused-ring (bicyclic) bond motifs is 1. The van der Waals surface area contributed by atoms with Crippen molar-refractivity contribution < 1.29 is 9.13 Å². The topological polar surface area (TPSA) is 21.3 Å². The molecule has 3 rings (SSSR count). The summed E-state index contributed by atoms with van der Waals surface area (Å²) in [6.45, 7) is 1.95.